The number of carbonyl (C=O) groups is 1. The predicted molar refractivity (Wildman–Crippen MR) is 120 cm³/mol. The number of aryl methyl sites for hydroxylation is 3. The summed E-state index contributed by atoms with van der Waals surface area (Å²) in [5, 5.41) is 8.42. The third-order valence-corrected chi connectivity index (χ3v) is 5.36. The van der Waals surface area contributed by atoms with E-state index in [9.17, 15) is 14.0 Å². The largest absolute Gasteiger partial charge is 0.323 e. The summed E-state index contributed by atoms with van der Waals surface area (Å²) in [4.78, 5) is 25.6. The van der Waals surface area contributed by atoms with Gasteiger partial charge >= 0.3 is 0 Å². The minimum absolute atomic E-state index is 0.250. The number of nitrogens with zero attached hydrogens (tertiary/aromatic N) is 3. The molecule has 2 aromatic heterocycles. The van der Waals surface area contributed by atoms with E-state index in [1.165, 1.54) is 27.4 Å². The Morgan fingerprint density at radius 3 is 2.61 bits per heavy atom. The van der Waals surface area contributed by atoms with E-state index in [0.717, 1.165) is 16.5 Å². The summed E-state index contributed by atoms with van der Waals surface area (Å²) in [6, 6.07) is 12.7. The van der Waals surface area contributed by atoms with Crippen LogP contribution in [0.3, 0.4) is 0 Å². The summed E-state index contributed by atoms with van der Waals surface area (Å²) in [6.45, 7) is 5.27. The van der Waals surface area contributed by atoms with Crippen LogP contribution < -0.4 is 10.9 Å². The van der Waals surface area contributed by atoms with Crippen LogP contribution in [0.15, 0.2) is 53.3 Å². The minimum atomic E-state index is -0.424. The molecule has 2 aromatic carbocycles. The zero-order valence-corrected chi connectivity index (χ0v) is 18.0. The molecule has 0 spiro atoms. The molecule has 1 N–H and O–H groups in total. The number of benzene rings is 2. The molecular weight excluding hydrogens is 419 g/mol. The minimum Gasteiger partial charge on any atom is -0.323 e. The zero-order chi connectivity index (χ0) is 22.3. The first-order valence-corrected chi connectivity index (χ1v) is 10.0. The maximum atomic E-state index is 13.9. The van der Waals surface area contributed by atoms with Gasteiger partial charge in [0.05, 0.1) is 22.1 Å². The average Bonchev–Trinajstić information content (AvgIpc) is 3.05. The molecule has 0 bridgehead atoms. The lowest BCUT2D eigenvalue weighted by Gasteiger charge is -2.13. The van der Waals surface area contributed by atoms with Gasteiger partial charge in [-0.25, -0.2) is 9.07 Å². The van der Waals surface area contributed by atoms with Gasteiger partial charge in [-0.15, -0.1) is 0 Å². The summed E-state index contributed by atoms with van der Waals surface area (Å²) in [5.74, 6) is -0.838. The second-order valence-electron chi connectivity index (χ2n) is 7.46. The summed E-state index contributed by atoms with van der Waals surface area (Å²) in [7, 11) is 0. The third kappa shape index (κ3) is 3.96. The number of pyridine rings is 1. The van der Waals surface area contributed by atoms with Crippen molar-refractivity contribution >= 4 is 34.2 Å². The Hall–Kier alpha value is -3.45. The highest BCUT2D eigenvalue weighted by Crippen LogP contribution is 2.25. The van der Waals surface area contributed by atoms with Crippen molar-refractivity contribution in [2.75, 3.05) is 5.32 Å². The van der Waals surface area contributed by atoms with Gasteiger partial charge in [-0.2, -0.15) is 5.10 Å². The average molecular weight is 439 g/mol. The fourth-order valence-corrected chi connectivity index (χ4v) is 3.94. The molecule has 0 saturated heterocycles. The fourth-order valence-electron chi connectivity index (χ4n) is 3.66. The summed E-state index contributed by atoms with van der Waals surface area (Å²) >= 11 is 6.21. The van der Waals surface area contributed by atoms with Crippen LogP contribution in [0.4, 0.5) is 10.1 Å². The van der Waals surface area contributed by atoms with Crippen LogP contribution in [0, 0.1) is 26.6 Å². The fraction of sp³-hybridized carbons (Fsp3) is 0.174. The lowest BCUT2D eigenvalue weighted by atomic mass is 10.1. The van der Waals surface area contributed by atoms with Crippen molar-refractivity contribution in [3.63, 3.8) is 0 Å². The molecule has 0 aliphatic rings. The van der Waals surface area contributed by atoms with Crippen LogP contribution in [0.5, 0.6) is 0 Å². The standard InChI is InChI=1S/C23H20ClFN4O2/c1-13-7-8-19(18(24)9-13)26-20(30)12-28-21(31)10-14(2)22-15(3)27-29(23(22)28)17-6-4-5-16(25)11-17/h4-11H,12H2,1-3H3,(H,26,30). The van der Waals surface area contributed by atoms with Crippen molar-refractivity contribution in [2.45, 2.75) is 27.3 Å². The molecule has 6 nitrogen and oxygen atoms in total. The van der Waals surface area contributed by atoms with E-state index in [-0.39, 0.29) is 12.1 Å². The Balaban J connectivity index is 1.82. The van der Waals surface area contributed by atoms with E-state index in [1.54, 1.807) is 24.3 Å². The highest BCUT2D eigenvalue weighted by Gasteiger charge is 2.19. The van der Waals surface area contributed by atoms with Gasteiger partial charge in [-0.3, -0.25) is 14.2 Å². The second kappa shape index (κ2) is 8.00. The number of anilines is 1. The van der Waals surface area contributed by atoms with Crippen LogP contribution in [0.25, 0.3) is 16.7 Å². The molecule has 4 rings (SSSR count). The summed E-state index contributed by atoms with van der Waals surface area (Å²) < 4.78 is 16.7. The number of aromatic nitrogens is 3. The monoisotopic (exact) mass is 438 g/mol. The Morgan fingerprint density at radius 1 is 1.13 bits per heavy atom. The van der Waals surface area contributed by atoms with Gasteiger partial charge in [0.2, 0.25) is 5.91 Å². The van der Waals surface area contributed by atoms with E-state index >= 15 is 0 Å². The van der Waals surface area contributed by atoms with Crippen molar-refractivity contribution in [1.29, 1.82) is 0 Å². The number of hydrogen-bond acceptors (Lipinski definition) is 3. The number of rotatable bonds is 4. The van der Waals surface area contributed by atoms with Crippen molar-refractivity contribution in [1.82, 2.24) is 14.3 Å². The SMILES string of the molecule is Cc1ccc(NC(=O)Cn2c(=O)cc(C)c3c(C)nn(-c4cccc(F)c4)c32)c(Cl)c1. The molecule has 4 aromatic rings. The molecule has 0 radical (unpaired) electrons. The van der Waals surface area contributed by atoms with Gasteiger partial charge in [0.15, 0.2) is 0 Å². The number of carbonyl (C=O) groups excluding carboxylic acids is 1. The van der Waals surface area contributed by atoms with Gasteiger partial charge in [0.1, 0.15) is 18.0 Å². The van der Waals surface area contributed by atoms with Gasteiger partial charge < -0.3 is 5.32 Å². The maximum Gasteiger partial charge on any atom is 0.252 e. The van der Waals surface area contributed by atoms with Gasteiger partial charge in [0, 0.05) is 11.5 Å². The van der Waals surface area contributed by atoms with E-state index in [2.05, 4.69) is 10.4 Å². The van der Waals surface area contributed by atoms with E-state index in [0.29, 0.717) is 27.7 Å². The van der Waals surface area contributed by atoms with Crippen LogP contribution in [-0.2, 0) is 11.3 Å². The zero-order valence-electron chi connectivity index (χ0n) is 17.2. The third-order valence-electron chi connectivity index (χ3n) is 5.05. The van der Waals surface area contributed by atoms with Gasteiger partial charge in [-0.05, 0) is 62.2 Å². The van der Waals surface area contributed by atoms with Crippen LogP contribution in [0.2, 0.25) is 5.02 Å². The molecule has 8 heteroatoms. The van der Waals surface area contributed by atoms with Crippen LogP contribution >= 0.6 is 11.6 Å². The van der Waals surface area contributed by atoms with Crippen LogP contribution in [-0.4, -0.2) is 20.3 Å². The predicted octanol–water partition coefficient (Wildman–Crippen LogP) is 4.54. The Morgan fingerprint density at radius 2 is 1.90 bits per heavy atom. The van der Waals surface area contributed by atoms with Gasteiger partial charge in [0.25, 0.3) is 5.56 Å². The Bertz CT molecular complexity index is 1390. The van der Waals surface area contributed by atoms with Crippen molar-refractivity contribution in [3.05, 3.63) is 86.5 Å². The first kappa shape index (κ1) is 20.8. The topological polar surface area (TPSA) is 68.9 Å². The maximum absolute atomic E-state index is 13.9. The number of nitrogens with one attached hydrogen (secondary N) is 1. The molecular formula is C23H20ClFN4O2. The molecule has 2 heterocycles. The number of halogens is 2. The second-order valence-corrected chi connectivity index (χ2v) is 7.87. The van der Waals surface area contributed by atoms with Crippen molar-refractivity contribution in [2.24, 2.45) is 0 Å². The molecule has 158 valence electrons. The molecule has 0 aliphatic carbocycles. The summed E-state index contributed by atoms with van der Waals surface area (Å²) in [5.41, 5.74) is 3.37. The first-order valence-electron chi connectivity index (χ1n) is 9.66. The lowest BCUT2D eigenvalue weighted by molar-refractivity contribution is -0.116. The molecule has 0 atom stereocenters. The van der Waals surface area contributed by atoms with Crippen molar-refractivity contribution < 1.29 is 9.18 Å². The molecule has 1 amide bonds. The number of fused-ring (bicyclic) bond motifs is 1. The van der Waals surface area contributed by atoms with E-state index in [1.807, 2.05) is 26.8 Å². The smallest absolute Gasteiger partial charge is 0.252 e. The molecule has 0 unspecified atom stereocenters. The molecule has 0 fully saturated rings. The van der Waals surface area contributed by atoms with Crippen LogP contribution in [0.1, 0.15) is 16.8 Å². The normalized spacial score (nSPS) is 11.1. The lowest BCUT2D eigenvalue weighted by Crippen LogP contribution is -2.29. The van der Waals surface area contributed by atoms with Crippen molar-refractivity contribution in [3.8, 4) is 5.69 Å². The molecule has 31 heavy (non-hydrogen) atoms. The molecule has 0 aliphatic heterocycles. The Kier molecular flexibility index (Phi) is 5.37. The Labute approximate surface area is 182 Å². The quantitative estimate of drug-likeness (QED) is 0.508. The highest BCUT2D eigenvalue weighted by atomic mass is 35.5. The first-order chi connectivity index (χ1) is 14.7. The number of hydrogen-bond donors (Lipinski definition) is 1. The molecule has 0 saturated carbocycles. The van der Waals surface area contributed by atoms with Gasteiger partial charge in [-0.1, -0.05) is 23.7 Å². The van der Waals surface area contributed by atoms with E-state index in [4.69, 9.17) is 11.6 Å². The van der Waals surface area contributed by atoms with E-state index < -0.39 is 11.7 Å². The summed E-state index contributed by atoms with van der Waals surface area (Å²) in [6.07, 6.45) is 0. The number of amides is 1. The highest BCUT2D eigenvalue weighted by molar-refractivity contribution is 6.33.